The van der Waals surface area contributed by atoms with Crippen molar-refractivity contribution in [2.24, 2.45) is 0 Å². The Morgan fingerprint density at radius 2 is 0.453 bits per heavy atom. The molecule has 0 aliphatic rings. The average Bonchev–Trinajstić information content (AvgIpc) is 0.901. The lowest BCUT2D eigenvalue weighted by Crippen LogP contribution is -2.30. The number of hydrogen-bond donors (Lipinski definition) is 3. The number of allylic oxidation sites excluding steroid dienone is 4. The second-order valence-corrected chi connectivity index (χ2v) is 33.5. The number of rotatable bonds is 86. The number of phosphoric ester groups is 2. The molecule has 0 aromatic heterocycles. The van der Waals surface area contributed by atoms with Gasteiger partial charge in [-0.1, -0.05) is 399 Å². The fraction of sp³-hybridized carbons (Fsp3) is 0.908. The lowest BCUT2D eigenvalue weighted by molar-refractivity contribution is -0.161. The predicted octanol–water partition coefficient (Wildman–Crippen LogP) is 26.5. The van der Waals surface area contributed by atoms with Crippen molar-refractivity contribution in [2.45, 2.75) is 470 Å². The zero-order chi connectivity index (χ0) is 77.4. The van der Waals surface area contributed by atoms with Gasteiger partial charge >= 0.3 is 39.5 Å². The van der Waals surface area contributed by atoms with Crippen LogP contribution in [0.1, 0.15) is 451 Å². The van der Waals surface area contributed by atoms with E-state index in [9.17, 15) is 43.2 Å². The summed E-state index contributed by atoms with van der Waals surface area (Å²) in [6.45, 7) is 4.98. The molecule has 626 valence electrons. The Kier molecular flexibility index (Phi) is 78.7. The van der Waals surface area contributed by atoms with E-state index >= 15 is 0 Å². The van der Waals surface area contributed by atoms with Gasteiger partial charge in [-0.25, -0.2) is 9.13 Å². The van der Waals surface area contributed by atoms with Gasteiger partial charge in [0.1, 0.15) is 19.3 Å². The number of carbonyl (C=O) groups excluding carboxylic acids is 4. The molecule has 0 saturated heterocycles. The Labute approximate surface area is 650 Å². The number of esters is 4. The van der Waals surface area contributed by atoms with Crippen LogP contribution >= 0.6 is 15.6 Å². The molecule has 0 aromatic carbocycles. The van der Waals surface area contributed by atoms with E-state index in [0.717, 1.165) is 103 Å². The first-order valence-corrected chi connectivity index (χ1v) is 47.6. The number of aliphatic hydroxyl groups excluding tert-OH is 1. The minimum atomic E-state index is -4.97. The molecule has 106 heavy (non-hydrogen) atoms. The fourth-order valence-corrected chi connectivity index (χ4v) is 14.7. The van der Waals surface area contributed by atoms with Crippen molar-refractivity contribution in [3.8, 4) is 0 Å². The van der Waals surface area contributed by atoms with Crippen molar-refractivity contribution >= 4 is 39.5 Å². The zero-order valence-electron chi connectivity index (χ0n) is 68.9. The Balaban J connectivity index is 5.24. The molecular weight excluding hydrogens is 1380 g/mol. The monoisotopic (exact) mass is 1550 g/mol. The van der Waals surface area contributed by atoms with E-state index in [-0.39, 0.29) is 25.7 Å². The second kappa shape index (κ2) is 80.6. The van der Waals surface area contributed by atoms with Gasteiger partial charge in [0, 0.05) is 25.7 Å². The molecule has 0 amide bonds. The van der Waals surface area contributed by atoms with E-state index in [0.29, 0.717) is 25.7 Å². The summed E-state index contributed by atoms with van der Waals surface area (Å²) in [5.41, 5.74) is 0. The predicted molar refractivity (Wildman–Crippen MR) is 437 cm³/mol. The summed E-state index contributed by atoms with van der Waals surface area (Å²) in [6, 6.07) is 0. The largest absolute Gasteiger partial charge is 0.472 e. The van der Waals surface area contributed by atoms with Gasteiger partial charge in [0.2, 0.25) is 0 Å². The Bertz CT molecular complexity index is 2090. The summed E-state index contributed by atoms with van der Waals surface area (Å²) in [4.78, 5) is 73.2. The van der Waals surface area contributed by atoms with E-state index in [4.69, 9.17) is 37.0 Å². The molecule has 0 spiro atoms. The smallest absolute Gasteiger partial charge is 0.462 e. The van der Waals surface area contributed by atoms with Crippen molar-refractivity contribution in [3.05, 3.63) is 24.3 Å². The summed E-state index contributed by atoms with van der Waals surface area (Å²) < 4.78 is 68.8. The van der Waals surface area contributed by atoms with Crippen molar-refractivity contribution in [1.82, 2.24) is 0 Å². The Morgan fingerprint density at radius 3 is 0.689 bits per heavy atom. The van der Waals surface area contributed by atoms with Gasteiger partial charge in [-0.3, -0.25) is 37.3 Å². The molecule has 19 heteroatoms. The third-order valence-electron chi connectivity index (χ3n) is 20.0. The van der Waals surface area contributed by atoms with Crippen LogP contribution in [0.25, 0.3) is 0 Å². The van der Waals surface area contributed by atoms with Crippen LogP contribution in [-0.4, -0.2) is 96.7 Å². The zero-order valence-corrected chi connectivity index (χ0v) is 70.7. The third-order valence-corrected chi connectivity index (χ3v) is 21.9. The SMILES string of the molecule is CCCCCC/C=C\C=C/CCCCCCCC(=O)O[C@H](COC(=O)CCCCCCCCCCCC)COP(=O)(O)OC[C@H](O)COP(=O)(O)OC[C@@H](COC(=O)CCCCCCCCCCCCCCCCCCCCCC)OC(=O)CCCCCCCCCCCCCCCCCCCCCCC. The lowest BCUT2D eigenvalue weighted by atomic mass is 10.0. The van der Waals surface area contributed by atoms with Gasteiger partial charge in [0.15, 0.2) is 12.2 Å². The number of carbonyl (C=O) groups is 4. The number of ether oxygens (including phenoxy) is 4. The second-order valence-electron chi connectivity index (χ2n) is 30.6. The molecule has 5 atom stereocenters. The summed E-state index contributed by atoms with van der Waals surface area (Å²) in [6.07, 6.45) is 78.7. The topological polar surface area (TPSA) is 237 Å². The number of phosphoric acid groups is 2. The van der Waals surface area contributed by atoms with Crippen molar-refractivity contribution in [1.29, 1.82) is 0 Å². The summed E-state index contributed by atoms with van der Waals surface area (Å²) >= 11 is 0. The number of unbranched alkanes of at least 4 members (excludes halogenated alkanes) is 57. The van der Waals surface area contributed by atoms with Crippen LogP contribution in [0.3, 0.4) is 0 Å². The molecule has 0 rings (SSSR count). The standard InChI is InChI=1S/C87H166O17P2/c1-5-9-13-17-21-25-29-32-35-37-39-41-43-45-48-51-54-58-62-66-70-74-87(92)104-83(78-98-85(90)72-68-64-60-56-52-49-47-44-42-40-38-36-33-30-26-22-18-14-10-6-2)80-102-106(95,96)100-76-81(88)75-99-105(93,94)101-79-82(77-97-84(89)71-67-63-59-55-28-24-20-16-12-8-4)103-86(91)73-69-65-61-57-53-50-46-34-31-27-23-19-15-11-7-3/h27,31,34,46,81-83,88H,5-26,28-30,32-33,35-45,47-80H2,1-4H3,(H,93,94)(H,95,96)/b31-27-,46-34-/t81-,82+,83+/m0/s1. The van der Waals surface area contributed by atoms with Crippen LogP contribution in [0.15, 0.2) is 24.3 Å². The van der Waals surface area contributed by atoms with E-state index in [1.54, 1.807) is 0 Å². The van der Waals surface area contributed by atoms with Crippen molar-refractivity contribution in [2.75, 3.05) is 39.6 Å². The van der Waals surface area contributed by atoms with Gasteiger partial charge in [-0.2, -0.15) is 0 Å². The third kappa shape index (κ3) is 79.6. The summed E-state index contributed by atoms with van der Waals surface area (Å²) in [5, 5.41) is 10.7. The first-order valence-electron chi connectivity index (χ1n) is 44.6. The van der Waals surface area contributed by atoms with Gasteiger partial charge in [-0.05, 0) is 51.4 Å². The Morgan fingerprint density at radius 1 is 0.264 bits per heavy atom. The van der Waals surface area contributed by atoms with Crippen LogP contribution in [0.2, 0.25) is 0 Å². The van der Waals surface area contributed by atoms with E-state index in [2.05, 4.69) is 52.0 Å². The minimum absolute atomic E-state index is 0.0859. The molecule has 0 aliphatic carbocycles. The highest BCUT2D eigenvalue weighted by Crippen LogP contribution is 2.45. The number of aliphatic hydroxyl groups is 1. The Hall–Kier alpha value is -2.46. The van der Waals surface area contributed by atoms with Gasteiger partial charge in [0.05, 0.1) is 26.4 Å². The van der Waals surface area contributed by atoms with Gasteiger partial charge in [0.25, 0.3) is 0 Å². The van der Waals surface area contributed by atoms with Gasteiger partial charge in [-0.15, -0.1) is 0 Å². The molecular formula is C87H166O17P2. The normalized spacial score (nSPS) is 13.8. The molecule has 3 N–H and O–H groups in total. The van der Waals surface area contributed by atoms with Crippen LogP contribution in [-0.2, 0) is 65.4 Å². The first-order chi connectivity index (χ1) is 51.7. The lowest BCUT2D eigenvalue weighted by Gasteiger charge is -2.21. The maximum absolute atomic E-state index is 13.2. The molecule has 2 unspecified atom stereocenters. The average molecular weight is 1550 g/mol. The van der Waals surface area contributed by atoms with E-state index in [1.807, 2.05) is 0 Å². The van der Waals surface area contributed by atoms with Crippen LogP contribution in [0.5, 0.6) is 0 Å². The van der Waals surface area contributed by atoms with Gasteiger partial charge < -0.3 is 33.8 Å². The summed E-state index contributed by atoms with van der Waals surface area (Å²) in [7, 11) is -9.94. The van der Waals surface area contributed by atoms with E-state index in [1.165, 1.54) is 270 Å². The molecule has 0 aromatic rings. The molecule has 0 fully saturated rings. The molecule has 0 saturated carbocycles. The van der Waals surface area contributed by atoms with Crippen molar-refractivity contribution in [3.63, 3.8) is 0 Å². The van der Waals surface area contributed by atoms with Crippen LogP contribution in [0, 0.1) is 0 Å². The molecule has 0 heterocycles. The van der Waals surface area contributed by atoms with Crippen LogP contribution < -0.4 is 0 Å². The quantitative estimate of drug-likeness (QED) is 0.0169. The highest BCUT2D eigenvalue weighted by molar-refractivity contribution is 7.47. The molecule has 0 radical (unpaired) electrons. The minimum Gasteiger partial charge on any atom is -0.462 e. The van der Waals surface area contributed by atoms with E-state index < -0.39 is 97.5 Å². The maximum atomic E-state index is 13.2. The highest BCUT2D eigenvalue weighted by Gasteiger charge is 2.30. The molecule has 0 bridgehead atoms. The first kappa shape index (κ1) is 104. The highest BCUT2D eigenvalue weighted by atomic mass is 31.2. The molecule has 17 nitrogen and oxygen atoms in total. The van der Waals surface area contributed by atoms with Crippen LogP contribution in [0.4, 0.5) is 0 Å². The maximum Gasteiger partial charge on any atom is 0.472 e. The number of hydrogen-bond acceptors (Lipinski definition) is 15. The fourth-order valence-electron chi connectivity index (χ4n) is 13.2. The molecule has 0 aliphatic heterocycles. The van der Waals surface area contributed by atoms with Crippen molar-refractivity contribution < 1.29 is 80.2 Å². The summed E-state index contributed by atoms with van der Waals surface area (Å²) in [5.74, 6) is -2.13.